The number of carboxylic acid groups (broad SMARTS) is 1. The van der Waals surface area contributed by atoms with Crippen molar-refractivity contribution in [3.8, 4) is 0 Å². The van der Waals surface area contributed by atoms with Crippen molar-refractivity contribution in [3.05, 3.63) is 53.9 Å². The minimum Gasteiger partial charge on any atom is -0.478 e. The molecule has 1 aliphatic carbocycles. The normalized spacial score (nSPS) is 24.3. The lowest BCUT2D eigenvalue weighted by molar-refractivity contribution is 0.0695. The molecule has 2 fully saturated rings. The van der Waals surface area contributed by atoms with Crippen molar-refractivity contribution in [2.24, 2.45) is 11.8 Å². The van der Waals surface area contributed by atoms with E-state index in [1.165, 1.54) is 12.4 Å². The van der Waals surface area contributed by atoms with Gasteiger partial charge in [-0.05, 0) is 12.1 Å². The van der Waals surface area contributed by atoms with Crippen LogP contribution in [0.4, 0.5) is 5.95 Å². The molecular formula is C17H16N4O3. The summed E-state index contributed by atoms with van der Waals surface area (Å²) in [5.74, 6) is 0.277. The first-order valence-corrected chi connectivity index (χ1v) is 7.79. The van der Waals surface area contributed by atoms with Crippen LogP contribution < -0.4 is 10.2 Å². The Kier molecular flexibility index (Phi) is 3.41. The van der Waals surface area contributed by atoms with Crippen molar-refractivity contribution in [2.75, 3.05) is 18.0 Å². The van der Waals surface area contributed by atoms with Crippen molar-refractivity contribution in [3.63, 3.8) is 0 Å². The number of nitrogens with one attached hydrogen (secondary N) is 1. The Hall–Kier alpha value is -2.96. The molecule has 1 saturated heterocycles. The van der Waals surface area contributed by atoms with E-state index in [0.29, 0.717) is 23.3 Å². The average Bonchev–Trinajstić information content (AvgIpc) is 3.05. The second kappa shape index (κ2) is 5.59. The predicted molar refractivity (Wildman–Crippen MR) is 85.9 cm³/mol. The Morgan fingerprint density at radius 3 is 2.25 bits per heavy atom. The van der Waals surface area contributed by atoms with Gasteiger partial charge in [0.2, 0.25) is 5.95 Å². The van der Waals surface area contributed by atoms with Gasteiger partial charge in [0, 0.05) is 48.9 Å². The number of rotatable bonds is 4. The average molecular weight is 324 g/mol. The zero-order chi connectivity index (χ0) is 16.7. The van der Waals surface area contributed by atoms with E-state index in [1.54, 1.807) is 12.1 Å². The summed E-state index contributed by atoms with van der Waals surface area (Å²) in [7, 11) is 0. The van der Waals surface area contributed by atoms with Crippen LogP contribution in [0.5, 0.6) is 0 Å². The molecule has 1 saturated carbocycles. The topological polar surface area (TPSA) is 95.4 Å². The van der Waals surface area contributed by atoms with Gasteiger partial charge < -0.3 is 15.3 Å². The Balaban J connectivity index is 1.34. The van der Waals surface area contributed by atoms with Gasteiger partial charge in [-0.2, -0.15) is 0 Å². The van der Waals surface area contributed by atoms with E-state index < -0.39 is 5.97 Å². The number of benzene rings is 1. The summed E-state index contributed by atoms with van der Waals surface area (Å²) in [5.41, 5.74) is 0.753. The number of anilines is 1. The first kappa shape index (κ1) is 14.6. The van der Waals surface area contributed by atoms with Crippen LogP contribution in [-0.4, -0.2) is 46.1 Å². The SMILES string of the molecule is O=C(O)c1cnc(N2C[C@@H]3C(NC(=O)c4ccccc4)[C@@H]3C2)nc1. The van der Waals surface area contributed by atoms with E-state index >= 15 is 0 Å². The quantitative estimate of drug-likeness (QED) is 0.872. The first-order valence-electron chi connectivity index (χ1n) is 7.79. The number of piperidine rings is 1. The molecule has 7 heteroatoms. The van der Waals surface area contributed by atoms with Crippen molar-refractivity contribution < 1.29 is 14.7 Å². The van der Waals surface area contributed by atoms with Crippen LogP contribution in [0.15, 0.2) is 42.7 Å². The maximum atomic E-state index is 12.2. The number of carboxylic acids is 1. The minimum atomic E-state index is -1.03. The molecule has 1 amide bonds. The molecule has 4 rings (SSSR count). The highest BCUT2D eigenvalue weighted by atomic mass is 16.4. The van der Waals surface area contributed by atoms with E-state index in [2.05, 4.69) is 15.3 Å². The molecule has 2 heterocycles. The maximum absolute atomic E-state index is 12.2. The van der Waals surface area contributed by atoms with Gasteiger partial charge in [-0.3, -0.25) is 4.79 Å². The van der Waals surface area contributed by atoms with Gasteiger partial charge in [0.05, 0.1) is 5.56 Å². The third-order valence-electron chi connectivity index (χ3n) is 4.70. The largest absolute Gasteiger partial charge is 0.478 e. The standard InChI is InChI=1S/C17H16N4O3/c22-15(10-4-2-1-3-5-10)20-14-12-8-21(9-13(12)14)17-18-6-11(7-19-17)16(23)24/h1-7,12-14H,8-9H2,(H,20,22)(H,23,24)/t12-,13+,14?. The predicted octanol–water partition coefficient (Wildman–Crippen LogP) is 1.04. The zero-order valence-electron chi connectivity index (χ0n) is 12.8. The van der Waals surface area contributed by atoms with E-state index in [4.69, 9.17) is 5.11 Å². The fourth-order valence-corrected chi connectivity index (χ4v) is 3.32. The first-order chi connectivity index (χ1) is 11.6. The fourth-order valence-electron chi connectivity index (χ4n) is 3.32. The summed E-state index contributed by atoms with van der Waals surface area (Å²) in [5, 5.41) is 12.0. The number of hydrogen-bond acceptors (Lipinski definition) is 5. The number of hydrogen-bond donors (Lipinski definition) is 2. The van der Waals surface area contributed by atoms with Crippen LogP contribution in [0, 0.1) is 11.8 Å². The molecule has 0 bridgehead atoms. The molecule has 2 aliphatic rings. The lowest BCUT2D eigenvalue weighted by Gasteiger charge is -2.20. The van der Waals surface area contributed by atoms with Gasteiger partial charge in [-0.15, -0.1) is 0 Å². The Morgan fingerprint density at radius 1 is 1.04 bits per heavy atom. The van der Waals surface area contributed by atoms with Crippen molar-refractivity contribution in [1.82, 2.24) is 15.3 Å². The summed E-state index contributed by atoms with van der Waals surface area (Å²) in [6, 6.07) is 9.39. The van der Waals surface area contributed by atoms with Gasteiger partial charge in [0.1, 0.15) is 0 Å². The summed E-state index contributed by atoms with van der Waals surface area (Å²) < 4.78 is 0. The Labute approximate surface area is 138 Å². The lowest BCUT2D eigenvalue weighted by atomic mass is 10.2. The molecule has 3 atom stereocenters. The fraction of sp³-hybridized carbons (Fsp3) is 0.294. The van der Waals surface area contributed by atoms with Crippen LogP contribution in [0.3, 0.4) is 0 Å². The van der Waals surface area contributed by atoms with Crippen LogP contribution >= 0.6 is 0 Å². The second-order valence-corrected chi connectivity index (χ2v) is 6.17. The second-order valence-electron chi connectivity index (χ2n) is 6.17. The molecule has 24 heavy (non-hydrogen) atoms. The van der Waals surface area contributed by atoms with Crippen LogP contribution in [0.2, 0.25) is 0 Å². The molecule has 7 nitrogen and oxygen atoms in total. The molecule has 1 unspecified atom stereocenters. The highest BCUT2D eigenvalue weighted by Gasteiger charge is 2.57. The van der Waals surface area contributed by atoms with Gasteiger partial charge >= 0.3 is 5.97 Å². The van der Waals surface area contributed by atoms with E-state index in [-0.39, 0.29) is 17.5 Å². The van der Waals surface area contributed by atoms with Crippen LogP contribution in [-0.2, 0) is 0 Å². The number of amides is 1. The monoisotopic (exact) mass is 324 g/mol. The molecular weight excluding hydrogens is 308 g/mol. The molecule has 0 radical (unpaired) electrons. The maximum Gasteiger partial charge on any atom is 0.338 e. The summed E-state index contributed by atoms with van der Waals surface area (Å²) in [4.78, 5) is 33.3. The lowest BCUT2D eigenvalue weighted by Crippen LogP contribution is -2.35. The van der Waals surface area contributed by atoms with E-state index in [0.717, 1.165) is 13.1 Å². The van der Waals surface area contributed by atoms with Gasteiger partial charge in [0.15, 0.2) is 0 Å². The third kappa shape index (κ3) is 2.58. The Morgan fingerprint density at radius 2 is 1.67 bits per heavy atom. The van der Waals surface area contributed by atoms with Gasteiger partial charge in [-0.1, -0.05) is 18.2 Å². The molecule has 1 aromatic carbocycles. The third-order valence-corrected chi connectivity index (χ3v) is 4.70. The summed E-state index contributed by atoms with van der Waals surface area (Å²) in [6.45, 7) is 1.55. The van der Waals surface area contributed by atoms with E-state index in [1.807, 2.05) is 23.1 Å². The van der Waals surface area contributed by atoms with Crippen molar-refractivity contribution in [2.45, 2.75) is 6.04 Å². The molecule has 0 spiro atoms. The van der Waals surface area contributed by atoms with Gasteiger partial charge in [0.25, 0.3) is 5.91 Å². The van der Waals surface area contributed by atoms with Gasteiger partial charge in [-0.25, -0.2) is 14.8 Å². The highest BCUT2D eigenvalue weighted by Crippen LogP contribution is 2.46. The van der Waals surface area contributed by atoms with Crippen LogP contribution in [0.25, 0.3) is 0 Å². The molecule has 2 N–H and O–H groups in total. The van der Waals surface area contributed by atoms with Crippen molar-refractivity contribution >= 4 is 17.8 Å². The number of carbonyl (C=O) groups is 2. The number of aromatic nitrogens is 2. The number of fused-ring (bicyclic) bond motifs is 1. The summed E-state index contributed by atoms with van der Waals surface area (Å²) in [6.07, 6.45) is 2.65. The highest BCUT2D eigenvalue weighted by molar-refractivity contribution is 5.94. The molecule has 122 valence electrons. The van der Waals surface area contributed by atoms with Crippen molar-refractivity contribution in [1.29, 1.82) is 0 Å². The number of aromatic carboxylic acids is 1. The Bertz CT molecular complexity index is 766. The summed E-state index contributed by atoms with van der Waals surface area (Å²) >= 11 is 0. The zero-order valence-corrected chi connectivity index (χ0v) is 12.8. The molecule has 2 aromatic rings. The van der Waals surface area contributed by atoms with Crippen LogP contribution in [0.1, 0.15) is 20.7 Å². The van der Waals surface area contributed by atoms with E-state index in [9.17, 15) is 9.59 Å². The molecule has 1 aliphatic heterocycles. The number of carbonyl (C=O) groups excluding carboxylic acids is 1. The number of nitrogens with zero attached hydrogens (tertiary/aromatic N) is 3. The molecule has 1 aromatic heterocycles. The smallest absolute Gasteiger partial charge is 0.338 e. The minimum absolute atomic E-state index is 0.0383.